The molecule has 1 heterocycles. The molecule has 1 aliphatic carbocycles. The zero-order valence-corrected chi connectivity index (χ0v) is 13.4. The first-order valence-corrected chi connectivity index (χ1v) is 8.75. The molecule has 1 unspecified atom stereocenters. The number of rotatable bonds is 7. The van der Waals surface area contributed by atoms with Crippen molar-refractivity contribution in [1.82, 2.24) is 15.1 Å². The minimum absolute atomic E-state index is 0.311. The van der Waals surface area contributed by atoms with Crippen LogP contribution in [0.5, 0.6) is 0 Å². The molecule has 19 heavy (non-hydrogen) atoms. The smallest absolute Gasteiger partial charge is 0.0834 e. The summed E-state index contributed by atoms with van der Waals surface area (Å²) in [5.41, 5.74) is 1.15. The fraction of sp³-hybridized carbons (Fsp3) is 0.786. The number of hydrogen-bond acceptors (Lipinski definition) is 3. The van der Waals surface area contributed by atoms with E-state index in [1.807, 2.05) is 4.68 Å². The van der Waals surface area contributed by atoms with Gasteiger partial charge in [0.05, 0.1) is 23.0 Å². The van der Waals surface area contributed by atoms with Crippen molar-refractivity contribution < 1.29 is 0 Å². The van der Waals surface area contributed by atoms with Crippen LogP contribution in [-0.4, -0.2) is 27.3 Å². The van der Waals surface area contributed by atoms with Crippen LogP contribution in [0.25, 0.3) is 0 Å². The summed E-state index contributed by atoms with van der Waals surface area (Å²) in [4.78, 5) is 0. The van der Waals surface area contributed by atoms with Gasteiger partial charge in [-0.3, -0.25) is 4.68 Å². The second kappa shape index (κ2) is 7.55. The molecule has 3 nitrogen and oxygen atoms in total. The van der Waals surface area contributed by atoms with Crippen molar-refractivity contribution in [3.8, 4) is 0 Å². The van der Waals surface area contributed by atoms with Gasteiger partial charge in [0.15, 0.2) is 0 Å². The maximum Gasteiger partial charge on any atom is 0.0834 e. The van der Waals surface area contributed by atoms with Gasteiger partial charge in [-0.25, -0.2) is 0 Å². The summed E-state index contributed by atoms with van der Waals surface area (Å²) >= 11 is 8.41. The highest BCUT2D eigenvalue weighted by Gasteiger charge is 2.22. The summed E-state index contributed by atoms with van der Waals surface area (Å²) in [6.45, 7) is 6.09. The van der Waals surface area contributed by atoms with E-state index in [0.717, 1.165) is 34.8 Å². The Morgan fingerprint density at radius 1 is 1.47 bits per heavy atom. The molecule has 1 fully saturated rings. The van der Waals surface area contributed by atoms with E-state index in [4.69, 9.17) is 11.6 Å². The predicted molar refractivity (Wildman–Crippen MR) is 84.0 cm³/mol. The minimum Gasteiger partial charge on any atom is -0.308 e. The summed E-state index contributed by atoms with van der Waals surface area (Å²) in [7, 11) is 0. The van der Waals surface area contributed by atoms with E-state index in [1.165, 1.54) is 25.7 Å². The summed E-state index contributed by atoms with van der Waals surface area (Å²) in [5, 5.41) is 9.55. The third-order valence-corrected chi connectivity index (χ3v) is 5.47. The molecule has 0 bridgehead atoms. The molecule has 1 atom stereocenters. The van der Waals surface area contributed by atoms with Crippen LogP contribution in [0.3, 0.4) is 0 Å². The Labute approximate surface area is 125 Å². The molecular weight excluding hydrogens is 278 g/mol. The van der Waals surface area contributed by atoms with E-state index >= 15 is 0 Å². The molecule has 108 valence electrons. The van der Waals surface area contributed by atoms with Crippen molar-refractivity contribution in [3.63, 3.8) is 0 Å². The average molecular weight is 302 g/mol. The van der Waals surface area contributed by atoms with Gasteiger partial charge in [0.25, 0.3) is 0 Å². The van der Waals surface area contributed by atoms with Gasteiger partial charge in [0.1, 0.15) is 0 Å². The lowest BCUT2D eigenvalue weighted by Gasteiger charge is -2.21. The highest BCUT2D eigenvalue weighted by Crippen LogP contribution is 2.33. The molecule has 1 aromatic heterocycles. The number of aryl methyl sites for hydroxylation is 1. The Bertz CT molecular complexity index is 388. The monoisotopic (exact) mass is 301 g/mol. The molecule has 2 rings (SSSR count). The Morgan fingerprint density at radius 2 is 2.21 bits per heavy atom. The van der Waals surface area contributed by atoms with E-state index in [9.17, 15) is 0 Å². The highest BCUT2D eigenvalue weighted by atomic mass is 35.5. The zero-order valence-electron chi connectivity index (χ0n) is 11.9. The maximum atomic E-state index is 6.32. The van der Waals surface area contributed by atoms with Crippen molar-refractivity contribution in [2.45, 2.75) is 57.4 Å². The molecule has 0 radical (unpaired) electrons. The molecule has 1 aliphatic rings. The summed E-state index contributed by atoms with van der Waals surface area (Å²) in [5.74, 6) is 1.09. The van der Waals surface area contributed by atoms with Crippen LogP contribution in [0, 0.1) is 0 Å². The van der Waals surface area contributed by atoms with Crippen molar-refractivity contribution in [3.05, 3.63) is 16.9 Å². The molecule has 1 N–H and O–H groups in total. The quantitative estimate of drug-likeness (QED) is 0.829. The van der Waals surface area contributed by atoms with Crippen molar-refractivity contribution in [2.24, 2.45) is 0 Å². The summed E-state index contributed by atoms with van der Waals surface area (Å²) in [6.07, 6.45) is 7.33. The van der Waals surface area contributed by atoms with Crippen molar-refractivity contribution in [1.29, 1.82) is 0 Å². The molecule has 0 aliphatic heterocycles. The largest absolute Gasteiger partial charge is 0.308 e. The Hall–Kier alpha value is -0.190. The molecular formula is C14H24ClN3S. The first kappa shape index (κ1) is 15.2. The molecule has 0 amide bonds. The first-order chi connectivity index (χ1) is 9.26. The molecule has 5 heteroatoms. The standard InChI is InChI=1S/C14H24ClN3S/c1-3-16-13(10-19-11-7-5-6-8-11)14-12(15)9-17-18(14)4-2/h9,11,13,16H,3-8,10H2,1-2H3. The van der Waals surface area contributed by atoms with Crippen LogP contribution in [0.2, 0.25) is 5.02 Å². The van der Waals surface area contributed by atoms with E-state index in [0.29, 0.717) is 6.04 Å². The number of aromatic nitrogens is 2. The topological polar surface area (TPSA) is 29.9 Å². The van der Waals surface area contributed by atoms with Gasteiger partial charge in [-0.15, -0.1) is 0 Å². The fourth-order valence-electron chi connectivity index (χ4n) is 2.74. The lowest BCUT2D eigenvalue weighted by Crippen LogP contribution is -2.26. The van der Waals surface area contributed by atoms with Crippen LogP contribution < -0.4 is 5.32 Å². The number of nitrogens with zero attached hydrogens (tertiary/aromatic N) is 2. The normalized spacial score (nSPS) is 18.1. The average Bonchev–Trinajstić information content (AvgIpc) is 3.04. The van der Waals surface area contributed by atoms with Crippen molar-refractivity contribution >= 4 is 23.4 Å². The van der Waals surface area contributed by atoms with E-state index in [2.05, 4.69) is 36.0 Å². The van der Waals surface area contributed by atoms with Gasteiger partial charge in [0.2, 0.25) is 0 Å². The Morgan fingerprint density at radius 3 is 2.84 bits per heavy atom. The predicted octanol–water partition coefficient (Wildman–Crippen LogP) is 3.88. The third-order valence-electron chi connectivity index (χ3n) is 3.71. The first-order valence-electron chi connectivity index (χ1n) is 7.32. The zero-order chi connectivity index (χ0) is 13.7. The van der Waals surface area contributed by atoms with Gasteiger partial charge in [-0.05, 0) is 26.3 Å². The fourth-order valence-corrected chi connectivity index (χ4v) is 4.42. The van der Waals surface area contributed by atoms with Crippen LogP contribution in [0.4, 0.5) is 0 Å². The highest BCUT2D eigenvalue weighted by molar-refractivity contribution is 7.99. The third kappa shape index (κ3) is 3.89. The Balaban J connectivity index is 2.03. The molecule has 1 aromatic rings. The van der Waals surface area contributed by atoms with Gasteiger partial charge in [0, 0.05) is 17.5 Å². The minimum atomic E-state index is 0.311. The van der Waals surface area contributed by atoms with Crippen LogP contribution in [-0.2, 0) is 6.54 Å². The van der Waals surface area contributed by atoms with E-state index in [1.54, 1.807) is 6.20 Å². The number of halogens is 1. The molecule has 0 saturated heterocycles. The second-order valence-corrected chi connectivity index (χ2v) is 6.78. The number of hydrogen-bond donors (Lipinski definition) is 1. The SMILES string of the molecule is CCNC(CSC1CCCC1)c1c(Cl)cnn1CC. The lowest BCUT2D eigenvalue weighted by molar-refractivity contribution is 0.526. The molecule has 1 saturated carbocycles. The van der Waals surface area contributed by atoms with E-state index < -0.39 is 0 Å². The maximum absolute atomic E-state index is 6.32. The Kier molecular flexibility index (Phi) is 6.05. The van der Waals surface area contributed by atoms with Crippen LogP contribution in [0.15, 0.2) is 6.20 Å². The van der Waals surface area contributed by atoms with Crippen LogP contribution in [0.1, 0.15) is 51.3 Å². The summed E-state index contributed by atoms with van der Waals surface area (Å²) in [6, 6.07) is 0.311. The lowest BCUT2D eigenvalue weighted by atomic mass is 10.2. The number of thioether (sulfide) groups is 1. The second-order valence-electron chi connectivity index (χ2n) is 5.04. The molecule has 0 aromatic carbocycles. The van der Waals surface area contributed by atoms with Gasteiger partial charge in [-0.2, -0.15) is 16.9 Å². The van der Waals surface area contributed by atoms with Crippen LogP contribution >= 0.6 is 23.4 Å². The van der Waals surface area contributed by atoms with Gasteiger partial charge >= 0.3 is 0 Å². The number of nitrogens with one attached hydrogen (secondary N) is 1. The molecule has 0 spiro atoms. The van der Waals surface area contributed by atoms with Gasteiger partial charge < -0.3 is 5.32 Å². The van der Waals surface area contributed by atoms with E-state index in [-0.39, 0.29) is 0 Å². The summed E-state index contributed by atoms with van der Waals surface area (Å²) < 4.78 is 2.02. The van der Waals surface area contributed by atoms with Gasteiger partial charge in [-0.1, -0.05) is 31.4 Å². The van der Waals surface area contributed by atoms with Crippen molar-refractivity contribution in [2.75, 3.05) is 12.3 Å².